The molecule has 0 unspecified atom stereocenters. The normalized spacial score (nSPS) is 13.7. The predicted molar refractivity (Wildman–Crippen MR) is 105 cm³/mol. The number of benzene rings is 2. The minimum atomic E-state index is -0.331. The average Bonchev–Trinajstić information content (AvgIpc) is 3.05. The Kier molecular flexibility index (Phi) is 5.96. The molecule has 0 aliphatic carbocycles. The van der Waals surface area contributed by atoms with Crippen LogP contribution in [-0.4, -0.2) is 29.9 Å². The van der Waals surface area contributed by atoms with E-state index in [-0.39, 0.29) is 17.8 Å². The lowest BCUT2D eigenvalue weighted by Gasteiger charge is -2.22. The number of carbonyl (C=O) groups is 2. The number of nitrogens with zero attached hydrogens (tertiary/aromatic N) is 2. The molecule has 1 N–H and O–H groups in total. The van der Waals surface area contributed by atoms with Gasteiger partial charge in [-0.1, -0.05) is 23.7 Å². The first-order valence-electron chi connectivity index (χ1n) is 8.88. The third-order valence-corrected chi connectivity index (χ3v) is 4.80. The molecule has 1 aliphatic heterocycles. The fraction of sp³-hybridized carbons (Fsp3) is 0.300. The van der Waals surface area contributed by atoms with Crippen LogP contribution in [0, 0.1) is 5.82 Å². The summed E-state index contributed by atoms with van der Waals surface area (Å²) in [5.41, 5.74) is 1.91. The minimum Gasteiger partial charge on any atom is -0.320 e. The number of nitrogens with one attached hydrogen (secondary N) is 1. The SMILES string of the molecule is CCN(Cc1cccc(F)c1)C(=O)Nc1ccc(N2CCCC2=O)c(Cl)c1. The standard InChI is InChI=1S/C20H21ClFN3O2/c1-2-24(13-14-5-3-6-15(22)11-14)20(27)23-16-8-9-18(17(21)12-16)25-10-4-7-19(25)26/h3,5-6,8-9,11-12H,2,4,7,10,13H2,1H3,(H,23,27). The Hall–Kier alpha value is -2.60. The summed E-state index contributed by atoms with van der Waals surface area (Å²) in [7, 11) is 0. The van der Waals surface area contributed by atoms with Gasteiger partial charge in [-0.15, -0.1) is 0 Å². The molecule has 0 saturated carbocycles. The maximum atomic E-state index is 13.3. The first-order valence-corrected chi connectivity index (χ1v) is 9.26. The third-order valence-electron chi connectivity index (χ3n) is 4.49. The van der Waals surface area contributed by atoms with Crippen molar-refractivity contribution in [3.05, 3.63) is 58.9 Å². The highest BCUT2D eigenvalue weighted by molar-refractivity contribution is 6.34. The summed E-state index contributed by atoms with van der Waals surface area (Å²) < 4.78 is 13.3. The van der Waals surface area contributed by atoms with Gasteiger partial charge in [-0.2, -0.15) is 0 Å². The van der Waals surface area contributed by atoms with Gasteiger partial charge in [-0.3, -0.25) is 4.79 Å². The lowest BCUT2D eigenvalue weighted by atomic mass is 10.2. The molecule has 1 saturated heterocycles. The number of hydrogen-bond acceptors (Lipinski definition) is 2. The molecule has 0 radical (unpaired) electrons. The highest BCUT2D eigenvalue weighted by Gasteiger charge is 2.23. The van der Waals surface area contributed by atoms with Crippen LogP contribution in [0.4, 0.5) is 20.6 Å². The van der Waals surface area contributed by atoms with E-state index in [0.29, 0.717) is 48.0 Å². The summed E-state index contributed by atoms with van der Waals surface area (Å²) in [5, 5.41) is 3.22. The summed E-state index contributed by atoms with van der Waals surface area (Å²) >= 11 is 6.32. The van der Waals surface area contributed by atoms with Crippen molar-refractivity contribution in [3.63, 3.8) is 0 Å². The number of amides is 3. The first kappa shape index (κ1) is 19.2. The molecule has 2 aromatic rings. The number of urea groups is 1. The van der Waals surface area contributed by atoms with Crippen LogP contribution in [0.5, 0.6) is 0 Å². The van der Waals surface area contributed by atoms with Crippen molar-refractivity contribution in [3.8, 4) is 0 Å². The van der Waals surface area contributed by atoms with Gasteiger partial charge in [0.05, 0.1) is 10.7 Å². The van der Waals surface area contributed by atoms with Gasteiger partial charge in [0.2, 0.25) is 5.91 Å². The minimum absolute atomic E-state index is 0.0564. The van der Waals surface area contributed by atoms with E-state index in [1.165, 1.54) is 12.1 Å². The third kappa shape index (κ3) is 4.57. The molecule has 1 aliphatic rings. The second-order valence-electron chi connectivity index (χ2n) is 6.39. The van der Waals surface area contributed by atoms with Crippen LogP contribution in [0.3, 0.4) is 0 Å². The van der Waals surface area contributed by atoms with E-state index < -0.39 is 0 Å². The topological polar surface area (TPSA) is 52.7 Å². The molecule has 0 bridgehead atoms. The molecule has 0 aromatic heterocycles. The van der Waals surface area contributed by atoms with Crippen molar-refractivity contribution >= 4 is 34.9 Å². The zero-order valence-electron chi connectivity index (χ0n) is 15.0. The Bertz CT molecular complexity index is 859. The van der Waals surface area contributed by atoms with Crippen molar-refractivity contribution in [1.82, 2.24) is 4.90 Å². The molecule has 0 atom stereocenters. The van der Waals surface area contributed by atoms with Gasteiger partial charge in [0.25, 0.3) is 0 Å². The molecule has 3 rings (SSSR count). The van der Waals surface area contributed by atoms with Gasteiger partial charge < -0.3 is 15.1 Å². The van der Waals surface area contributed by atoms with Crippen LogP contribution in [0.1, 0.15) is 25.3 Å². The summed E-state index contributed by atoms with van der Waals surface area (Å²) in [5.74, 6) is -0.274. The van der Waals surface area contributed by atoms with Crippen LogP contribution < -0.4 is 10.2 Å². The van der Waals surface area contributed by atoms with E-state index in [1.807, 2.05) is 6.92 Å². The molecule has 3 amide bonds. The summed E-state index contributed by atoms with van der Waals surface area (Å²) in [6.45, 7) is 3.28. The molecule has 1 heterocycles. The Labute approximate surface area is 162 Å². The number of halogens is 2. The largest absolute Gasteiger partial charge is 0.322 e. The van der Waals surface area contributed by atoms with E-state index in [2.05, 4.69) is 5.32 Å². The Morgan fingerprint density at radius 3 is 2.74 bits per heavy atom. The highest BCUT2D eigenvalue weighted by Crippen LogP contribution is 2.31. The van der Waals surface area contributed by atoms with Crippen LogP contribution >= 0.6 is 11.6 Å². The monoisotopic (exact) mass is 389 g/mol. The molecule has 27 heavy (non-hydrogen) atoms. The van der Waals surface area contributed by atoms with E-state index in [9.17, 15) is 14.0 Å². The van der Waals surface area contributed by atoms with E-state index in [1.54, 1.807) is 40.1 Å². The van der Waals surface area contributed by atoms with E-state index in [4.69, 9.17) is 11.6 Å². The number of anilines is 2. The fourth-order valence-electron chi connectivity index (χ4n) is 3.09. The Morgan fingerprint density at radius 2 is 2.11 bits per heavy atom. The maximum Gasteiger partial charge on any atom is 0.322 e. The zero-order chi connectivity index (χ0) is 19.4. The molecular formula is C20H21ClFN3O2. The maximum absolute atomic E-state index is 13.3. The predicted octanol–water partition coefficient (Wildman–Crippen LogP) is 4.66. The molecule has 2 aromatic carbocycles. The van der Waals surface area contributed by atoms with E-state index >= 15 is 0 Å². The lowest BCUT2D eigenvalue weighted by molar-refractivity contribution is -0.117. The lowest BCUT2D eigenvalue weighted by Crippen LogP contribution is -2.34. The number of rotatable bonds is 5. The van der Waals surface area contributed by atoms with Crippen molar-refractivity contribution in [2.75, 3.05) is 23.3 Å². The number of carbonyl (C=O) groups excluding carboxylic acids is 2. The smallest absolute Gasteiger partial charge is 0.320 e. The Morgan fingerprint density at radius 1 is 1.30 bits per heavy atom. The van der Waals surface area contributed by atoms with Crippen molar-refractivity contribution in [2.45, 2.75) is 26.3 Å². The molecule has 7 heteroatoms. The number of hydrogen-bond donors (Lipinski definition) is 1. The van der Waals surface area contributed by atoms with Crippen LogP contribution in [-0.2, 0) is 11.3 Å². The summed E-state index contributed by atoms with van der Waals surface area (Å²) in [4.78, 5) is 27.7. The van der Waals surface area contributed by atoms with Gasteiger partial charge in [0.1, 0.15) is 5.82 Å². The average molecular weight is 390 g/mol. The van der Waals surface area contributed by atoms with Gasteiger partial charge >= 0.3 is 6.03 Å². The molecule has 5 nitrogen and oxygen atoms in total. The second kappa shape index (κ2) is 8.39. The van der Waals surface area contributed by atoms with Crippen molar-refractivity contribution in [1.29, 1.82) is 0 Å². The summed E-state index contributed by atoms with van der Waals surface area (Å²) in [6.07, 6.45) is 1.35. The quantitative estimate of drug-likeness (QED) is 0.808. The van der Waals surface area contributed by atoms with Crippen LogP contribution in [0.15, 0.2) is 42.5 Å². The van der Waals surface area contributed by atoms with Gasteiger partial charge in [-0.05, 0) is 49.2 Å². The van der Waals surface area contributed by atoms with Gasteiger partial charge in [0, 0.05) is 31.7 Å². The zero-order valence-corrected chi connectivity index (χ0v) is 15.8. The van der Waals surface area contributed by atoms with Crippen LogP contribution in [0.25, 0.3) is 0 Å². The molecular weight excluding hydrogens is 369 g/mol. The van der Waals surface area contributed by atoms with Crippen molar-refractivity contribution in [2.24, 2.45) is 0 Å². The van der Waals surface area contributed by atoms with Gasteiger partial charge in [0.15, 0.2) is 0 Å². The first-order chi connectivity index (χ1) is 13.0. The molecule has 0 spiro atoms. The second-order valence-corrected chi connectivity index (χ2v) is 6.80. The van der Waals surface area contributed by atoms with Crippen LogP contribution in [0.2, 0.25) is 5.02 Å². The fourth-order valence-corrected chi connectivity index (χ4v) is 3.37. The Balaban J connectivity index is 1.69. The summed E-state index contributed by atoms with van der Waals surface area (Å²) in [6, 6.07) is 11.0. The highest BCUT2D eigenvalue weighted by atomic mass is 35.5. The molecule has 1 fully saturated rings. The van der Waals surface area contributed by atoms with E-state index in [0.717, 1.165) is 6.42 Å². The molecule has 142 valence electrons. The van der Waals surface area contributed by atoms with Gasteiger partial charge in [-0.25, -0.2) is 9.18 Å². The van der Waals surface area contributed by atoms with Crippen molar-refractivity contribution < 1.29 is 14.0 Å².